The van der Waals surface area contributed by atoms with Gasteiger partial charge in [0, 0.05) is 19.0 Å². The zero-order chi connectivity index (χ0) is 12.1. The molecule has 1 aliphatic rings. The van der Waals surface area contributed by atoms with Gasteiger partial charge in [-0.25, -0.2) is 0 Å². The van der Waals surface area contributed by atoms with Gasteiger partial charge in [-0.3, -0.25) is 4.79 Å². The van der Waals surface area contributed by atoms with Gasteiger partial charge >= 0.3 is 0 Å². The molecule has 0 saturated heterocycles. The van der Waals surface area contributed by atoms with Crippen LogP contribution in [0.4, 0.5) is 0 Å². The van der Waals surface area contributed by atoms with Crippen LogP contribution in [0.5, 0.6) is 0 Å². The summed E-state index contributed by atoms with van der Waals surface area (Å²) in [4.78, 5) is 14.2. The highest BCUT2D eigenvalue weighted by Crippen LogP contribution is 2.27. The predicted octanol–water partition coefficient (Wildman–Crippen LogP) is 3.02. The van der Waals surface area contributed by atoms with Crippen LogP contribution in [-0.2, 0) is 11.2 Å². The molecule has 0 radical (unpaired) electrons. The third kappa shape index (κ3) is 3.58. The molecule has 0 bridgehead atoms. The zero-order valence-electron chi connectivity index (χ0n) is 10.6. The maximum absolute atomic E-state index is 12.1. The van der Waals surface area contributed by atoms with E-state index in [0.29, 0.717) is 18.4 Å². The lowest BCUT2D eigenvalue weighted by Crippen LogP contribution is -2.33. The minimum absolute atomic E-state index is 0.332. The van der Waals surface area contributed by atoms with E-state index in [1.807, 2.05) is 18.2 Å². The number of hydrogen-bond acceptors (Lipinski definition) is 1. The maximum Gasteiger partial charge on any atom is 0.223 e. The van der Waals surface area contributed by atoms with E-state index in [-0.39, 0.29) is 0 Å². The first kappa shape index (κ1) is 12.2. The van der Waals surface area contributed by atoms with Gasteiger partial charge in [0.05, 0.1) is 0 Å². The minimum Gasteiger partial charge on any atom is -0.340 e. The molecule has 1 fully saturated rings. The molecule has 0 N–H and O–H groups in total. The van der Waals surface area contributed by atoms with Crippen molar-refractivity contribution in [3.8, 4) is 0 Å². The molecule has 1 saturated carbocycles. The van der Waals surface area contributed by atoms with Gasteiger partial charge in [0.15, 0.2) is 0 Å². The van der Waals surface area contributed by atoms with Gasteiger partial charge in [-0.05, 0) is 31.2 Å². The summed E-state index contributed by atoms with van der Waals surface area (Å²) in [6.45, 7) is 3.07. The lowest BCUT2D eigenvalue weighted by molar-refractivity contribution is -0.131. The van der Waals surface area contributed by atoms with E-state index in [2.05, 4.69) is 24.0 Å². The Morgan fingerprint density at radius 1 is 1.29 bits per heavy atom. The SMILES string of the molecule is CCCN(C(=O)CCc1ccccc1)C1CC1. The first-order valence-corrected chi connectivity index (χ1v) is 6.64. The molecule has 1 aliphatic carbocycles. The summed E-state index contributed by atoms with van der Waals surface area (Å²) in [5.74, 6) is 0.332. The maximum atomic E-state index is 12.1. The van der Waals surface area contributed by atoms with Crippen LogP contribution in [0.25, 0.3) is 0 Å². The van der Waals surface area contributed by atoms with Gasteiger partial charge in [0.2, 0.25) is 5.91 Å². The van der Waals surface area contributed by atoms with Crippen LogP contribution in [0, 0.1) is 0 Å². The Morgan fingerprint density at radius 2 is 2.00 bits per heavy atom. The fourth-order valence-corrected chi connectivity index (χ4v) is 2.18. The Labute approximate surface area is 104 Å². The number of nitrogens with zero attached hydrogens (tertiary/aromatic N) is 1. The number of carbonyl (C=O) groups excluding carboxylic acids is 1. The second kappa shape index (κ2) is 5.85. The average molecular weight is 231 g/mol. The summed E-state index contributed by atoms with van der Waals surface area (Å²) < 4.78 is 0. The largest absolute Gasteiger partial charge is 0.340 e. The van der Waals surface area contributed by atoms with Crippen LogP contribution >= 0.6 is 0 Å². The monoisotopic (exact) mass is 231 g/mol. The van der Waals surface area contributed by atoms with E-state index >= 15 is 0 Å². The average Bonchev–Trinajstić information content (AvgIpc) is 3.18. The van der Waals surface area contributed by atoms with Crippen molar-refractivity contribution in [3.05, 3.63) is 35.9 Å². The molecule has 0 unspecified atom stereocenters. The standard InChI is InChI=1S/C15H21NO/c1-2-12-16(14-9-10-14)15(17)11-8-13-6-4-3-5-7-13/h3-7,14H,2,8-12H2,1H3. The van der Waals surface area contributed by atoms with Crippen molar-refractivity contribution >= 4 is 5.91 Å². The molecule has 2 nitrogen and oxygen atoms in total. The predicted molar refractivity (Wildman–Crippen MR) is 69.8 cm³/mol. The Hall–Kier alpha value is -1.31. The first-order chi connectivity index (χ1) is 8.31. The number of hydrogen-bond donors (Lipinski definition) is 0. The van der Waals surface area contributed by atoms with Crippen molar-refractivity contribution in [2.24, 2.45) is 0 Å². The van der Waals surface area contributed by atoms with E-state index in [4.69, 9.17) is 0 Å². The van der Waals surface area contributed by atoms with Gasteiger partial charge in [-0.1, -0.05) is 37.3 Å². The highest BCUT2D eigenvalue weighted by molar-refractivity contribution is 5.77. The number of aryl methyl sites for hydroxylation is 1. The molecule has 0 aliphatic heterocycles. The van der Waals surface area contributed by atoms with Gasteiger partial charge in [0.1, 0.15) is 0 Å². The summed E-state index contributed by atoms with van der Waals surface area (Å²) in [5.41, 5.74) is 1.26. The second-order valence-electron chi connectivity index (χ2n) is 4.80. The summed E-state index contributed by atoms with van der Waals surface area (Å²) in [7, 11) is 0. The molecule has 1 aromatic carbocycles. The fourth-order valence-electron chi connectivity index (χ4n) is 2.18. The van der Waals surface area contributed by atoms with Crippen molar-refractivity contribution < 1.29 is 4.79 Å². The Kier molecular flexibility index (Phi) is 4.18. The molecule has 1 aromatic rings. The second-order valence-corrected chi connectivity index (χ2v) is 4.80. The molecule has 0 atom stereocenters. The van der Waals surface area contributed by atoms with Crippen LogP contribution < -0.4 is 0 Å². The molecule has 0 spiro atoms. The fraction of sp³-hybridized carbons (Fsp3) is 0.533. The molecule has 17 heavy (non-hydrogen) atoms. The van der Waals surface area contributed by atoms with E-state index in [9.17, 15) is 4.79 Å². The van der Waals surface area contributed by atoms with E-state index in [0.717, 1.165) is 19.4 Å². The third-order valence-corrected chi connectivity index (χ3v) is 3.24. The van der Waals surface area contributed by atoms with Gasteiger partial charge < -0.3 is 4.90 Å². The highest BCUT2D eigenvalue weighted by Gasteiger charge is 2.31. The van der Waals surface area contributed by atoms with Crippen molar-refractivity contribution in [2.75, 3.05) is 6.54 Å². The molecule has 0 heterocycles. The normalized spacial score (nSPS) is 14.6. The number of benzene rings is 1. The summed E-state index contributed by atoms with van der Waals surface area (Å²) >= 11 is 0. The summed E-state index contributed by atoms with van der Waals surface area (Å²) in [5, 5.41) is 0. The third-order valence-electron chi connectivity index (χ3n) is 3.24. The molecule has 1 amide bonds. The summed E-state index contributed by atoms with van der Waals surface area (Å²) in [6, 6.07) is 10.8. The van der Waals surface area contributed by atoms with Gasteiger partial charge in [-0.15, -0.1) is 0 Å². The van der Waals surface area contributed by atoms with Gasteiger partial charge in [0.25, 0.3) is 0 Å². The van der Waals surface area contributed by atoms with Crippen LogP contribution in [0.3, 0.4) is 0 Å². The quantitative estimate of drug-likeness (QED) is 0.737. The molecule has 92 valence electrons. The Morgan fingerprint density at radius 3 is 2.59 bits per heavy atom. The van der Waals surface area contributed by atoms with Crippen molar-refractivity contribution in [1.29, 1.82) is 0 Å². The molecular formula is C15H21NO. The number of amides is 1. The van der Waals surface area contributed by atoms with Crippen molar-refractivity contribution in [3.63, 3.8) is 0 Å². The van der Waals surface area contributed by atoms with E-state index in [1.54, 1.807) is 0 Å². The van der Waals surface area contributed by atoms with Crippen LogP contribution in [0.15, 0.2) is 30.3 Å². The number of rotatable bonds is 6. The van der Waals surface area contributed by atoms with Crippen molar-refractivity contribution in [2.45, 2.75) is 45.1 Å². The molecule has 2 rings (SSSR count). The molecular weight excluding hydrogens is 210 g/mol. The van der Waals surface area contributed by atoms with Crippen LogP contribution in [-0.4, -0.2) is 23.4 Å². The lowest BCUT2D eigenvalue weighted by atomic mass is 10.1. The van der Waals surface area contributed by atoms with E-state index in [1.165, 1.54) is 18.4 Å². The van der Waals surface area contributed by atoms with Gasteiger partial charge in [-0.2, -0.15) is 0 Å². The van der Waals surface area contributed by atoms with Crippen LogP contribution in [0.2, 0.25) is 0 Å². The first-order valence-electron chi connectivity index (χ1n) is 6.64. The Balaban J connectivity index is 1.83. The van der Waals surface area contributed by atoms with E-state index < -0.39 is 0 Å². The van der Waals surface area contributed by atoms with Crippen LogP contribution in [0.1, 0.15) is 38.2 Å². The Bertz CT molecular complexity index is 356. The topological polar surface area (TPSA) is 20.3 Å². The molecule has 2 heteroatoms. The smallest absolute Gasteiger partial charge is 0.223 e. The highest BCUT2D eigenvalue weighted by atomic mass is 16.2. The number of carbonyl (C=O) groups is 1. The summed E-state index contributed by atoms with van der Waals surface area (Å²) in [6.07, 6.45) is 4.99. The van der Waals surface area contributed by atoms with Crippen molar-refractivity contribution in [1.82, 2.24) is 4.90 Å². The molecule has 0 aromatic heterocycles. The zero-order valence-corrected chi connectivity index (χ0v) is 10.6. The minimum atomic E-state index is 0.332. The lowest BCUT2D eigenvalue weighted by Gasteiger charge is -2.21.